The predicted molar refractivity (Wildman–Crippen MR) is 79.0 cm³/mol. The molecule has 1 fully saturated rings. The van der Waals surface area contributed by atoms with E-state index in [1.807, 2.05) is 0 Å². The number of nitrogens with one attached hydrogen (secondary N) is 1. The van der Waals surface area contributed by atoms with Crippen molar-refractivity contribution in [2.75, 3.05) is 5.32 Å². The van der Waals surface area contributed by atoms with Gasteiger partial charge in [-0.2, -0.15) is 0 Å². The second-order valence-electron chi connectivity index (χ2n) is 4.74. The van der Waals surface area contributed by atoms with Gasteiger partial charge < -0.3 is 11.1 Å². The first-order valence-corrected chi connectivity index (χ1v) is 7.81. The molecule has 0 saturated heterocycles. The molecule has 0 amide bonds. The molecule has 0 unspecified atom stereocenters. The normalized spacial score (nSPS) is 24.3. The number of thiophene rings is 1. The van der Waals surface area contributed by atoms with Crippen molar-refractivity contribution in [2.45, 2.75) is 37.8 Å². The van der Waals surface area contributed by atoms with E-state index in [1.165, 1.54) is 0 Å². The Labute approximate surface area is 118 Å². The fourth-order valence-electron chi connectivity index (χ4n) is 2.41. The summed E-state index contributed by atoms with van der Waals surface area (Å²) in [6.45, 7) is 0. The van der Waals surface area contributed by atoms with Gasteiger partial charge in [0.25, 0.3) is 0 Å². The third-order valence-electron chi connectivity index (χ3n) is 3.44. The summed E-state index contributed by atoms with van der Waals surface area (Å²) in [6, 6.07) is 0.857. The van der Waals surface area contributed by atoms with E-state index in [1.54, 1.807) is 17.7 Å². The fourth-order valence-corrected chi connectivity index (χ4v) is 3.96. The van der Waals surface area contributed by atoms with Crippen molar-refractivity contribution in [1.29, 1.82) is 0 Å². The van der Waals surface area contributed by atoms with E-state index in [0.29, 0.717) is 12.1 Å². The zero-order valence-corrected chi connectivity index (χ0v) is 12.3. The van der Waals surface area contributed by atoms with E-state index in [2.05, 4.69) is 36.6 Å². The van der Waals surface area contributed by atoms with Crippen LogP contribution in [0.25, 0.3) is 10.2 Å². The number of hydrogen-bond acceptors (Lipinski definition) is 5. The molecule has 3 N–H and O–H groups in total. The lowest BCUT2D eigenvalue weighted by molar-refractivity contribution is 0.410. The Morgan fingerprint density at radius 3 is 2.83 bits per heavy atom. The van der Waals surface area contributed by atoms with Gasteiger partial charge in [-0.25, -0.2) is 9.97 Å². The quantitative estimate of drug-likeness (QED) is 0.889. The van der Waals surface area contributed by atoms with Gasteiger partial charge in [-0.1, -0.05) is 0 Å². The van der Waals surface area contributed by atoms with Crippen LogP contribution in [0.15, 0.2) is 16.2 Å². The van der Waals surface area contributed by atoms with Gasteiger partial charge in [0.2, 0.25) is 0 Å². The molecule has 0 radical (unpaired) electrons. The van der Waals surface area contributed by atoms with Crippen LogP contribution in [-0.2, 0) is 0 Å². The summed E-state index contributed by atoms with van der Waals surface area (Å²) in [5, 5.41) is 6.69. The van der Waals surface area contributed by atoms with E-state index in [4.69, 9.17) is 5.73 Å². The molecule has 1 saturated carbocycles. The minimum atomic E-state index is 0.376. The van der Waals surface area contributed by atoms with Crippen LogP contribution >= 0.6 is 27.3 Å². The van der Waals surface area contributed by atoms with Gasteiger partial charge >= 0.3 is 0 Å². The standard InChI is InChI=1S/C12H15BrN4S/c13-9-5-18-12-10(9)11(15-6-16-12)17-8-3-1-7(14)2-4-8/h5-8H,1-4,14H2,(H,15,16,17). The van der Waals surface area contributed by atoms with E-state index in [-0.39, 0.29) is 0 Å². The summed E-state index contributed by atoms with van der Waals surface area (Å²) in [6.07, 6.45) is 6.05. The Balaban J connectivity index is 1.84. The molecule has 18 heavy (non-hydrogen) atoms. The van der Waals surface area contributed by atoms with Gasteiger partial charge in [0.1, 0.15) is 17.0 Å². The van der Waals surface area contributed by atoms with Crippen LogP contribution in [-0.4, -0.2) is 22.1 Å². The third-order valence-corrected chi connectivity index (χ3v) is 5.25. The second kappa shape index (κ2) is 5.11. The van der Waals surface area contributed by atoms with Crippen molar-refractivity contribution >= 4 is 43.3 Å². The van der Waals surface area contributed by atoms with Crippen molar-refractivity contribution < 1.29 is 0 Å². The van der Waals surface area contributed by atoms with Crippen molar-refractivity contribution in [3.8, 4) is 0 Å². The maximum Gasteiger partial charge on any atom is 0.139 e. The summed E-state index contributed by atoms with van der Waals surface area (Å²) in [4.78, 5) is 9.68. The number of rotatable bonds is 2. The van der Waals surface area contributed by atoms with Crippen LogP contribution in [0.2, 0.25) is 0 Å². The third kappa shape index (κ3) is 2.37. The fraction of sp³-hybridized carbons (Fsp3) is 0.500. The summed E-state index contributed by atoms with van der Waals surface area (Å²) in [5.41, 5.74) is 5.93. The highest BCUT2D eigenvalue weighted by Gasteiger charge is 2.20. The molecule has 2 aromatic rings. The van der Waals surface area contributed by atoms with Crippen molar-refractivity contribution in [3.05, 3.63) is 16.2 Å². The van der Waals surface area contributed by atoms with E-state index >= 15 is 0 Å². The van der Waals surface area contributed by atoms with E-state index in [9.17, 15) is 0 Å². The topological polar surface area (TPSA) is 63.8 Å². The van der Waals surface area contributed by atoms with E-state index in [0.717, 1.165) is 46.2 Å². The first-order valence-electron chi connectivity index (χ1n) is 6.14. The molecule has 6 heteroatoms. The van der Waals surface area contributed by atoms with Crippen LogP contribution in [0.1, 0.15) is 25.7 Å². The lowest BCUT2D eigenvalue weighted by Gasteiger charge is -2.27. The predicted octanol–water partition coefficient (Wildman–Crippen LogP) is 3.14. The number of anilines is 1. The first kappa shape index (κ1) is 12.3. The van der Waals surface area contributed by atoms with Crippen molar-refractivity contribution in [1.82, 2.24) is 9.97 Å². The van der Waals surface area contributed by atoms with Crippen LogP contribution < -0.4 is 11.1 Å². The Morgan fingerprint density at radius 2 is 2.06 bits per heavy atom. The summed E-state index contributed by atoms with van der Waals surface area (Å²) in [7, 11) is 0. The zero-order chi connectivity index (χ0) is 12.5. The average Bonchev–Trinajstić information content (AvgIpc) is 2.75. The Kier molecular flexibility index (Phi) is 3.50. The molecular weight excluding hydrogens is 312 g/mol. The molecule has 4 nitrogen and oxygen atoms in total. The smallest absolute Gasteiger partial charge is 0.139 e. The first-order chi connectivity index (χ1) is 8.74. The second-order valence-corrected chi connectivity index (χ2v) is 6.45. The van der Waals surface area contributed by atoms with Gasteiger partial charge in [-0.15, -0.1) is 11.3 Å². The minimum Gasteiger partial charge on any atom is -0.367 e. The monoisotopic (exact) mass is 326 g/mol. The molecule has 0 aromatic carbocycles. The van der Waals surface area contributed by atoms with Crippen LogP contribution in [0, 0.1) is 0 Å². The number of halogens is 1. The summed E-state index contributed by atoms with van der Waals surface area (Å²) < 4.78 is 1.07. The molecule has 1 aliphatic rings. The summed E-state index contributed by atoms with van der Waals surface area (Å²) >= 11 is 5.20. The highest BCUT2D eigenvalue weighted by molar-refractivity contribution is 9.10. The maximum atomic E-state index is 5.93. The Hall–Kier alpha value is -0.720. The molecule has 0 atom stereocenters. The average molecular weight is 327 g/mol. The molecule has 0 bridgehead atoms. The summed E-state index contributed by atoms with van der Waals surface area (Å²) in [5.74, 6) is 0.939. The number of nitrogens with two attached hydrogens (primary N) is 1. The molecule has 96 valence electrons. The maximum absolute atomic E-state index is 5.93. The number of fused-ring (bicyclic) bond motifs is 1. The zero-order valence-electron chi connectivity index (χ0n) is 9.90. The largest absolute Gasteiger partial charge is 0.367 e. The van der Waals surface area contributed by atoms with Gasteiger partial charge in [-0.05, 0) is 41.6 Å². The van der Waals surface area contributed by atoms with Crippen LogP contribution in [0.5, 0.6) is 0 Å². The minimum absolute atomic E-state index is 0.376. The molecule has 1 aliphatic carbocycles. The molecule has 2 aromatic heterocycles. The Morgan fingerprint density at radius 1 is 1.28 bits per heavy atom. The van der Waals surface area contributed by atoms with Crippen LogP contribution in [0.3, 0.4) is 0 Å². The highest BCUT2D eigenvalue weighted by atomic mass is 79.9. The number of aromatic nitrogens is 2. The molecule has 3 rings (SSSR count). The molecule has 2 heterocycles. The van der Waals surface area contributed by atoms with Gasteiger partial charge in [0.15, 0.2) is 0 Å². The molecular formula is C12H15BrN4S. The molecule has 0 spiro atoms. The van der Waals surface area contributed by atoms with E-state index < -0.39 is 0 Å². The van der Waals surface area contributed by atoms with Gasteiger partial charge in [0, 0.05) is 21.9 Å². The highest BCUT2D eigenvalue weighted by Crippen LogP contribution is 2.34. The number of hydrogen-bond donors (Lipinski definition) is 2. The van der Waals surface area contributed by atoms with Gasteiger partial charge in [-0.3, -0.25) is 0 Å². The Bertz CT molecular complexity index is 548. The van der Waals surface area contributed by atoms with Crippen LogP contribution in [0.4, 0.5) is 5.82 Å². The van der Waals surface area contributed by atoms with Gasteiger partial charge in [0.05, 0.1) is 5.39 Å². The van der Waals surface area contributed by atoms with Crippen molar-refractivity contribution in [2.24, 2.45) is 5.73 Å². The lowest BCUT2D eigenvalue weighted by Crippen LogP contribution is -2.33. The lowest BCUT2D eigenvalue weighted by atomic mass is 9.92. The van der Waals surface area contributed by atoms with Crippen molar-refractivity contribution in [3.63, 3.8) is 0 Å². The number of nitrogens with zero attached hydrogens (tertiary/aromatic N) is 2. The molecule has 0 aliphatic heterocycles. The SMILES string of the molecule is NC1CCC(Nc2ncnc3scc(Br)c23)CC1.